The van der Waals surface area contributed by atoms with E-state index >= 15 is 0 Å². The molecule has 0 bridgehead atoms. The summed E-state index contributed by atoms with van der Waals surface area (Å²) < 4.78 is 13.6. The largest absolute Gasteiger partial charge is 0.324 e. The second-order valence-corrected chi connectivity index (χ2v) is 7.47. The molecule has 0 fully saturated rings. The Morgan fingerprint density at radius 3 is 2.45 bits per heavy atom. The summed E-state index contributed by atoms with van der Waals surface area (Å²) in [6.45, 7) is 1.82. The molecule has 2 amide bonds. The molecule has 1 N–H and O–H groups in total. The summed E-state index contributed by atoms with van der Waals surface area (Å²) in [4.78, 5) is 27.5. The van der Waals surface area contributed by atoms with Crippen LogP contribution in [0, 0.1) is 12.7 Å². The third kappa shape index (κ3) is 3.87. The third-order valence-electron chi connectivity index (χ3n) is 4.94. The van der Waals surface area contributed by atoms with Crippen molar-refractivity contribution in [2.24, 2.45) is 0 Å². The van der Waals surface area contributed by atoms with Gasteiger partial charge in [0.25, 0.3) is 5.91 Å². The van der Waals surface area contributed by atoms with Crippen LogP contribution in [-0.2, 0) is 4.79 Å². The Bertz CT molecular complexity index is 1080. The number of amides is 2. The number of hydrogen-bond donors (Lipinski definition) is 1. The highest BCUT2D eigenvalue weighted by Gasteiger charge is 2.34. The summed E-state index contributed by atoms with van der Waals surface area (Å²) in [5, 5.41) is 3.40. The summed E-state index contributed by atoms with van der Waals surface area (Å²) >= 11 is 5.95. The molecule has 1 aliphatic heterocycles. The second kappa shape index (κ2) is 7.68. The lowest BCUT2D eigenvalue weighted by Crippen LogP contribution is -2.39. The Morgan fingerprint density at radius 2 is 1.76 bits per heavy atom. The van der Waals surface area contributed by atoms with E-state index in [1.54, 1.807) is 36.4 Å². The van der Waals surface area contributed by atoms with Crippen molar-refractivity contribution in [2.45, 2.75) is 13.0 Å². The molecule has 146 valence electrons. The first-order valence-corrected chi connectivity index (χ1v) is 9.52. The van der Waals surface area contributed by atoms with Gasteiger partial charge in [0, 0.05) is 21.8 Å². The van der Waals surface area contributed by atoms with Crippen LogP contribution < -0.4 is 5.32 Å². The van der Waals surface area contributed by atoms with Gasteiger partial charge in [-0.1, -0.05) is 41.4 Å². The van der Waals surface area contributed by atoms with E-state index in [-0.39, 0.29) is 24.2 Å². The number of fused-ring (bicyclic) bond motifs is 1. The van der Waals surface area contributed by atoms with Crippen LogP contribution in [0.1, 0.15) is 33.1 Å². The second-order valence-electron chi connectivity index (χ2n) is 7.03. The number of nitrogens with zero attached hydrogens (tertiary/aromatic N) is 1. The number of carbonyl (C=O) groups is 2. The number of carbonyl (C=O) groups excluding carboxylic acids is 2. The molecular weight excluding hydrogens is 391 g/mol. The van der Waals surface area contributed by atoms with Crippen molar-refractivity contribution in [2.75, 3.05) is 11.9 Å². The minimum Gasteiger partial charge on any atom is -0.324 e. The quantitative estimate of drug-likeness (QED) is 0.650. The number of hydrogen-bond acceptors (Lipinski definition) is 2. The van der Waals surface area contributed by atoms with Crippen molar-refractivity contribution in [3.05, 3.63) is 99.8 Å². The van der Waals surface area contributed by atoms with Crippen LogP contribution in [0.3, 0.4) is 0 Å². The molecule has 0 aliphatic carbocycles. The molecule has 0 unspecified atom stereocenters. The first-order chi connectivity index (χ1) is 13.9. The van der Waals surface area contributed by atoms with Gasteiger partial charge < -0.3 is 10.2 Å². The lowest BCUT2D eigenvalue weighted by Gasteiger charge is -2.31. The molecule has 4 nitrogen and oxygen atoms in total. The number of nitrogens with one attached hydrogen (secondary N) is 1. The van der Waals surface area contributed by atoms with E-state index < -0.39 is 6.04 Å². The monoisotopic (exact) mass is 408 g/mol. The minimum atomic E-state index is -0.548. The molecule has 0 spiro atoms. The zero-order valence-corrected chi connectivity index (χ0v) is 16.4. The van der Waals surface area contributed by atoms with Gasteiger partial charge in [0.15, 0.2) is 0 Å². The van der Waals surface area contributed by atoms with Crippen LogP contribution in [0.25, 0.3) is 0 Å². The number of benzene rings is 3. The Balaban J connectivity index is 1.88. The maximum atomic E-state index is 13.6. The molecule has 1 aliphatic rings. The molecule has 29 heavy (non-hydrogen) atoms. The zero-order chi connectivity index (χ0) is 20.5. The van der Waals surface area contributed by atoms with Gasteiger partial charge in [0.2, 0.25) is 5.91 Å². The van der Waals surface area contributed by atoms with Gasteiger partial charge in [-0.2, -0.15) is 0 Å². The fourth-order valence-corrected chi connectivity index (χ4v) is 3.70. The molecule has 0 radical (unpaired) electrons. The molecule has 3 aromatic rings. The first kappa shape index (κ1) is 19.2. The van der Waals surface area contributed by atoms with Crippen LogP contribution >= 0.6 is 11.6 Å². The predicted molar refractivity (Wildman–Crippen MR) is 111 cm³/mol. The van der Waals surface area contributed by atoms with E-state index in [2.05, 4.69) is 5.32 Å². The predicted octanol–water partition coefficient (Wildman–Crippen LogP) is 4.97. The fourth-order valence-electron chi connectivity index (χ4n) is 3.58. The Kier molecular flexibility index (Phi) is 5.07. The summed E-state index contributed by atoms with van der Waals surface area (Å²) in [5.74, 6) is -0.959. The molecule has 0 saturated heterocycles. The molecule has 3 aromatic carbocycles. The van der Waals surface area contributed by atoms with Crippen molar-refractivity contribution >= 4 is 29.1 Å². The summed E-state index contributed by atoms with van der Waals surface area (Å²) in [6.07, 6.45) is 0. The normalized spacial score (nSPS) is 16.0. The van der Waals surface area contributed by atoms with Gasteiger partial charge in [-0.15, -0.1) is 0 Å². The lowest BCUT2D eigenvalue weighted by molar-refractivity contribution is -0.117. The first-order valence-electron chi connectivity index (χ1n) is 9.15. The Hall–Kier alpha value is -3.18. The number of aryl methyl sites for hydroxylation is 1. The maximum absolute atomic E-state index is 13.6. The van der Waals surface area contributed by atoms with E-state index in [9.17, 15) is 14.0 Å². The van der Waals surface area contributed by atoms with Gasteiger partial charge in [-0.05, 0) is 55.0 Å². The zero-order valence-electron chi connectivity index (χ0n) is 15.7. The SMILES string of the molecule is Cc1ccc2c(c1)[C@@H](c1ccc(F)cc1)N(C(=O)c1ccc(Cl)cc1)CC(=O)N2. The Morgan fingerprint density at radius 1 is 1.07 bits per heavy atom. The highest BCUT2D eigenvalue weighted by atomic mass is 35.5. The summed E-state index contributed by atoms with van der Waals surface area (Å²) in [5.41, 5.74) is 3.56. The van der Waals surface area contributed by atoms with Crippen molar-refractivity contribution in [3.63, 3.8) is 0 Å². The topological polar surface area (TPSA) is 49.4 Å². The van der Waals surface area contributed by atoms with Crippen LogP contribution in [0.4, 0.5) is 10.1 Å². The highest BCUT2D eigenvalue weighted by molar-refractivity contribution is 6.30. The van der Waals surface area contributed by atoms with E-state index in [1.807, 2.05) is 25.1 Å². The van der Waals surface area contributed by atoms with E-state index in [0.717, 1.165) is 16.7 Å². The molecule has 0 aromatic heterocycles. The summed E-state index contributed by atoms with van der Waals surface area (Å²) in [7, 11) is 0. The molecule has 1 atom stereocenters. The van der Waals surface area contributed by atoms with Crippen LogP contribution in [0.5, 0.6) is 0 Å². The molecule has 0 saturated carbocycles. The van der Waals surface area contributed by atoms with E-state index in [1.165, 1.54) is 17.0 Å². The average Bonchev–Trinajstić information content (AvgIpc) is 2.84. The van der Waals surface area contributed by atoms with E-state index in [0.29, 0.717) is 16.3 Å². The molecule has 1 heterocycles. The number of rotatable bonds is 2. The average molecular weight is 409 g/mol. The van der Waals surface area contributed by atoms with Gasteiger partial charge in [-0.3, -0.25) is 9.59 Å². The smallest absolute Gasteiger partial charge is 0.255 e. The lowest BCUT2D eigenvalue weighted by atomic mass is 9.94. The van der Waals surface area contributed by atoms with Gasteiger partial charge in [-0.25, -0.2) is 4.39 Å². The third-order valence-corrected chi connectivity index (χ3v) is 5.19. The van der Waals surface area contributed by atoms with Crippen LogP contribution in [0.15, 0.2) is 66.7 Å². The standard InChI is InChI=1S/C23H18ClFN2O2/c1-14-2-11-20-19(12-14)22(15-5-9-18(25)10-6-15)27(13-21(28)26-20)23(29)16-3-7-17(24)8-4-16/h2-12,22H,13H2,1H3,(H,26,28)/t22-/m1/s1. The van der Waals surface area contributed by atoms with Crippen LogP contribution in [-0.4, -0.2) is 23.3 Å². The highest BCUT2D eigenvalue weighted by Crippen LogP contribution is 2.37. The van der Waals surface area contributed by atoms with Crippen molar-refractivity contribution in [3.8, 4) is 0 Å². The Labute approximate surface area is 172 Å². The van der Waals surface area contributed by atoms with E-state index in [4.69, 9.17) is 11.6 Å². The van der Waals surface area contributed by atoms with Crippen molar-refractivity contribution < 1.29 is 14.0 Å². The van der Waals surface area contributed by atoms with Gasteiger partial charge >= 0.3 is 0 Å². The van der Waals surface area contributed by atoms with Crippen molar-refractivity contribution in [1.82, 2.24) is 4.90 Å². The molecular formula is C23H18ClFN2O2. The molecule has 6 heteroatoms. The van der Waals surface area contributed by atoms with Gasteiger partial charge in [0.05, 0.1) is 6.04 Å². The maximum Gasteiger partial charge on any atom is 0.255 e. The van der Waals surface area contributed by atoms with Gasteiger partial charge in [0.1, 0.15) is 12.4 Å². The molecule has 4 rings (SSSR count). The minimum absolute atomic E-state index is 0.128. The summed E-state index contributed by atoms with van der Waals surface area (Å²) in [6, 6.07) is 17.7. The fraction of sp³-hybridized carbons (Fsp3) is 0.130. The van der Waals surface area contributed by atoms with Crippen molar-refractivity contribution in [1.29, 1.82) is 0 Å². The number of anilines is 1. The van der Waals surface area contributed by atoms with Crippen LogP contribution in [0.2, 0.25) is 5.02 Å². The number of halogens is 2.